The van der Waals surface area contributed by atoms with Gasteiger partial charge in [0.25, 0.3) is 5.91 Å². The molecule has 7 nitrogen and oxygen atoms in total. The molecule has 1 unspecified atom stereocenters. The average Bonchev–Trinajstić information content (AvgIpc) is 3.40. The summed E-state index contributed by atoms with van der Waals surface area (Å²) in [6.07, 6.45) is 2.96. The Balaban J connectivity index is 1.46. The van der Waals surface area contributed by atoms with Gasteiger partial charge in [0.05, 0.1) is 21.8 Å². The smallest absolute Gasteiger partial charge is 0.261 e. The maximum atomic E-state index is 12.7. The molecule has 1 aliphatic heterocycles. The summed E-state index contributed by atoms with van der Waals surface area (Å²) in [5.41, 5.74) is 0.848. The molecule has 0 radical (unpaired) electrons. The van der Waals surface area contributed by atoms with Crippen LogP contribution < -0.4 is 10.6 Å². The Bertz CT molecular complexity index is 1120. The van der Waals surface area contributed by atoms with Gasteiger partial charge in [-0.15, -0.1) is 22.7 Å². The quantitative estimate of drug-likeness (QED) is 0.574. The number of hydrogen-bond donors (Lipinski definition) is 2. The molecule has 2 N–H and O–H groups in total. The monoisotopic (exact) mass is 450 g/mol. The van der Waals surface area contributed by atoms with Gasteiger partial charge in [-0.05, 0) is 42.7 Å². The van der Waals surface area contributed by atoms with E-state index in [2.05, 4.69) is 26.7 Å². The van der Waals surface area contributed by atoms with Gasteiger partial charge < -0.3 is 10.6 Å². The number of aromatic nitrogens is 2. The number of carbonyl (C=O) groups excluding carboxylic acids is 1. The van der Waals surface area contributed by atoms with Gasteiger partial charge in [0.1, 0.15) is 17.0 Å². The van der Waals surface area contributed by atoms with E-state index in [4.69, 9.17) is 0 Å². The molecular formula is C19H22N4O3S3. The van der Waals surface area contributed by atoms with E-state index in [1.165, 1.54) is 22.5 Å². The number of rotatable bonds is 7. The first-order chi connectivity index (χ1) is 13.9. The molecule has 10 heteroatoms. The molecule has 1 saturated heterocycles. The Morgan fingerprint density at radius 2 is 2.21 bits per heavy atom. The molecule has 0 aromatic carbocycles. The Morgan fingerprint density at radius 1 is 1.34 bits per heavy atom. The molecule has 3 aromatic rings. The van der Waals surface area contributed by atoms with E-state index in [1.54, 1.807) is 11.3 Å². The number of nitrogens with zero attached hydrogens (tertiary/aromatic N) is 2. The number of fused-ring (bicyclic) bond motifs is 1. The summed E-state index contributed by atoms with van der Waals surface area (Å²) in [5.74, 6) is 1.12. The molecule has 154 valence electrons. The Labute approximate surface area is 177 Å². The molecular weight excluding hydrogens is 428 g/mol. The van der Waals surface area contributed by atoms with Crippen molar-refractivity contribution in [3.8, 4) is 0 Å². The fourth-order valence-corrected chi connectivity index (χ4v) is 7.17. The van der Waals surface area contributed by atoms with Crippen molar-refractivity contribution >= 4 is 54.5 Å². The van der Waals surface area contributed by atoms with Crippen molar-refractivity contribution in [2.45, 2.75) is 19.8 Å². The molecule has 1 amide bonds. The van der Waals surface area contributed by atoms with Crippen LogP contribution in [0.1, 0.15) is 26.5 Å². The minimum absolute atomic E-state index is 0.0870. The van der Waals surface area contributed by atoms with Gasteiger partial charge in [0.2, 0.25) is 0 Å². The molecule has 1 atom stereocenters. The summed E-state index contributed by atoms with van der Waals surface area (Å²) >= 11 is 3.04. The van der Waals surface area contributed by atoms with Crippen molar-refractivity contribution in [3.05, 3.63) is 39.2 Å². The van der Waals surface area contributed by atoms with Gasteiger partial charge in [-0.3, -0.25) is 4.79 Å². The van der Waals surface area contributed by atoms with Gasteiger partial charge in [0.15, 0.2) is 9.84 Å². The number of anilines is 1. The molecule has 4 rings (SSSR count). The SMILES string of the molecule is Cc1c(C(=O)NCCc2cccs2)sc2ncnc(NCC3CCS(=O)(=O)C3)c12. The van der Waals surface area contributed by atoms with Gasteiger partial charge in [0, 0.05) is 18.0 Å². The normalized spacial score (nSPS) is 18.2. The fraction of sp³-hybridized carbons (Fsp3) is 0.421. The number of hydrogen-bond acceptors (Lipinski definition) is 8. The topological polar surface area (TPSA) is 101 Å². The minimum Gasteiger partial charge on any atom is -0.369 e. The zero-order valence-corrected chi connectivity index (χ0v) is 18.4. The van der Waals surface area contributed by atoms with Crippen LogP contribution in [0.3, 0.4) is 0 Å². The van der Waals surface area contributed by atoms with Crippen LogP contribution in [0.4, 0.5) is 5.82 Å². The van der Waals surface area contributed by atoms with Crippen LogP contribution in [0.15, 0.2) is 23.8 Å². The molecule has 3 aromatic heterocycles. The highest BCUT2D eigenvalue weighted by atomic mass is 32.2. The van der Waals surface area contributed by atoms with E-state index < -0.39 is 9.84 Å². The lowest BCUT2D eigenvalue weighted by molar-refractivity contribution is 0.0958. The summed E-state index contributed by atoms with van der Waals surface area (Å²) < 4.78 is 23.3. The largest absolute Gasteiger partial charge is 0.369 e. The number of aryl methyl sites for hydroxylation is 1. The van der Waals surface area contributed by atoms with Crippen molar-refractivity contribution in [3.63, 3.8) is 0 Å². The van der Waals surface area contributed by atoms with Crippen LogP contribution >= 0.6 is 22.7 Å². The summed E-state index contributed by atoms with van der Waals surface area (Å²) in [4.78, 5) is 24.0. The van der Waals surface area contributed by atoms with E-state index in [9.17, 15) is 13.2 Å². The van der Waals surface area contributed by atoms with Gasteiger partial charge in [-0.25, -0.2) is 18.4 Å². The molecule has 4 heterocycles. The maximum Gasteiger partial charge on any atom is 0.261 e. The molecule has 1 aliphatic rings. The summed E-state index contributed by atoms with van der Waals surface area (Å²) in [6.45, 7) is 3.03. The van der Waals surface area contributed by atoms with Crippen LogP contribution in [0.25, 0.3) is 10.2 Å². The number of nitrogens with one attached hydrogen (secondary N) is 2. The third-order valence-corrected chi connectivity index (χ3v) is 9.03. The van der Waals surface area contributed by atoms with Crippen molar-refractivity contribution in [1.82, 2.24) is 15.3 Å². The van der Waals surface area contributed by atoms with Crippen LogP contribution in [-0.4, -0.2) is 48.9 Å². The second-order valence-corrected chi connectivity index (χ2v) is 11.5. The predicted molar refractivity (Wildman–Crippen MR) is 118 cm³/mol. The van der Waals surface area contributed by atoms with Crippen molar-refractivity contribution < 1.29 is 13.2 Å². The van der Waals surface area contributed by atoms with Crippen LogP contribution in [0.2, 0.25) is 0 Å². The highest BCUT2D eigenvalue weighted by molar-refractivity contribution is 7.91. The average molecular weight is 451 g/mol. The zero-order chi connectivity index (χ0) is 20.4. The standard InChI is InChI=1S/C19H22N4O3S3/c1-12-15-17(21-9-13-5-8-29(25,26)10-13)22-11-23-19(15)28-16(12)18(24)20-6-4-14-3-2-7-27-14/h2-3,7,11,13H,4-6,8-10H2,1H3,(H,20,24)(H,21,22,23). The Morgan fingerprint density at radius 3 is 2.93 bits per heavy atom. The van der Waals surface area contributed by atoms with E-state index >= 15 is 0 Å². The predicted octanol–water partition coefficient (Wildman–Crippen LogP) is 2.88. The van der Waals surface area contributed by atoms with Gasteiger partial charge in [-0.2, -0.15) is 0 Å². The lowest BCUT2D eigenvalue weighted by Crippen LogP contribution is -2.25. The molecule has 0 bridgehead atoms. The lowest BCUT2D eigenvalue weighted by atomic mass is 10.1. The molecule has 1 fully saturated rings. The number of sulfone groups is 1. The number of thiophene rings is 2. The van der Waals surface area contributed by atoms with Crippen LogP contribution in [0.5, 0.6) is 0 Å². The van der Waals surface area contributed by atoms with Crippen molar-refractivity contribution in [2.75, 3.05) is 29.9 Å². The third kappa shape index (κ3) is 4.59. The summed E-state index contributed by atoms with van der Waals surface area (Å²) in [7, 11) is -2.91. The van der Waals surface area contributed by atoms with Crippen molar-refractivity contribution in [2.24, 2.45) is 5.92 Å². The molecule has 29 heavy (non-hydrogen) atoms. The second kappa shape index (κ2) is 8.37. The Hall–Kier alpha value is -2.04. The summed E-state index contributed by atoms with van der Waals surface area (Å²) in [5, 5.41) is 9.13. The lowest BCUT2D eigenvalue weighted by Gasteiger charge is -2.11. The van der Waals surface area contributed by atoms with Gasteiger partial charge in [-0.1, -0.05) is 6.07 Å². The van der Waals surface area contributed by atoms with E-state index in [0.29, 0.717) is 30.2 Å². The number of carbonyl (C=O) groups is 1. The molecule has 0 spiro atoms. The summed E-state index contributed by atoms with van der Waals surface area (Å²) in [6, 6.07) is 4.07. The zero-order valence-electron chi connectivity index (χ0n) is 16.0. The van der Waals surface area contributed by atoms with Crippen LogP contribution in [0, 0.1) is 12.8 Å². The first kappa shape index (κ1) is 20.2. The highest BCUT2D eigenvalue weighted by Gasteiger charge is 2.28. The maximum absolute atomic E-state index is 12.7. The minimum atomic E-state index is -2.91. The van der Waals surface area contributed by atoms with E-state index in [1.807, 2.05) is 18.4 Å². The molecule has 0 aliphatic carbocycles. The first-order valence-corrected chi connectivity index (χ1v) is 12.9. The Kier molecular flexibility index (Phi) is 5.84. The third-order valence-electron chi connectivity index (χ3n) is 5.06. The van der Waals surface area contributed by atoms with Crippen LogP contribution in [-0.2, 0) is 16.3 Å². The highest BCUT2D eigenvalue weighted by Crippen LogP contribution is 2.33. The van der Waals surface area contributed by atoms with Gasteiger partial charge >= 0.3 is 0 Å². The second-order valence-electron chi connectivity index (χ2n) is 7.19. The molecule has 0 saturated carbocycles. The van der Waals surface area contributed by atoms with E-state index in [0.717, 1.165) is 22.2 Å². The first-order valence-electron chi connectivity index (χ1n) is 9.42. The van der Waals surface area contributed by atoms with E-state index in [-0.39, 0.29) is 23.3 Å². The van der Waals surface area contributed by atoms with Crippen molar-refractivity contribution in [1.29, 1.82) is 0 Å². The number of amides is 1. The fourth-order valence-electron chi connectivity index (χ4n) is 3.53.